The van der Waals surface area contributed by atoms with Gasteiger partial charge in [0, 0.05) is 24.3 Å². The second-order valence-electron chi connectivity index (χ2n) is 5.99. The molecular weight excluding hydrogens is 271 g/mol. The highest BCUT2D eigenvalue weighted by Crippen LogP contribution is 2.36. The third kappa shape index (κ3) is 2.71. The van der Waals surface area contributed by atoms with Crippen LogP contribution in [-0.4, -0.2) is 42.5 Å². The van der Waals surface area contributed by atoms with Crippen molar-refractivity contribution in [3.05, 3.63) is 23.5 Å². The Bertz CT molecular complexity index is 570. The van der Waals surface area contributed by atoms with Crippen LogP contribution in [0.15, 0.2) is 12.3 Å². The normalized spacial score (nSPS) is 19.4. The smallest absolute Gasteiger partial charge is 0.399 e. The van der Waals surface area contributed by atoms with Gasteiger partial charge < -0.3 is 14.6 Å². The van der Waals surface area contributed by atoms with Crippen molar-refractivity contribution >= 4 is 24.8 Å². The zero-order valence-corrected chi connectivity index (χ0v) is 12.9. The van der Waals surface area contributed by atoms with Crippen molar-refractivity contribution in [2.24, 2.45) is 0 Å². The monoisotopic (exact) mass is 290 g/mol. The minimum atomic E-state index is -0.741. The van der Waals surface area contributed by atoms with Crippen molar-refractivity contribution in [1.29, 1.82) is 0 Å². The van der Waals surface area contributed by atoms with Crippen molar-refractivity contribution in [3.8, 4) is 0 Å². The third-order valence-electron chi connectivity index (χ3n) is 4.02. The highest BCUT2D eigenvalue weighted by atomic mass is 16.7. The van der Waals surface area contributed by atoms with Gasteiger partial charge in [-0.1, -0.05) is 0 Å². The highest BCUT2D eigenvalue weighted by molar-refractivity contribution is 6.63. The number of nitrogens with one attached hydrogen (secondary N) is 1. The summed E-state index contributed by atoms with van der Waals surface area (Å²) in [5, 5.41) is 2.52. The van der Waals surface area contributed by atoms with Gasteiger partial charge in [-0.2, -0.15) is 0 Å². The van der Waals surface area contributed by atoms with Crippen LogP contribution >= 0.6 is 0 Å². The van der Waals surface area contributed by atoms with Crippen LogP contribution < -0.4 is 10.8 Å². The average Bonchev–Trinajstić information content (AvgIpc) is 2.66. The van der Waals surface area contributed by atoms with Crippen LogP contribution in [0.4, 0.5) is 0 Å². The van der Waals surface area contributed by atoms with Gasteiger partial charge in [-0.3, -0.25) is 14.6 Å². The molecule has 2 rings (SSSR count). The molecule has 0 aliphatic carbocycles. The Morgan fingerprint density at radius 1 is 1.29 bits per heavy atom. The number of nitrogens with zero attached hydrogens (tertiary/aromatic N) is 1. The standard InChI is InChI=1S/C14H19BN2O4/c1-13(2)14(3,4)21-15(20-13)10-6-9(8-18)7-17-11(10)12(19)16-5/h6-8H,1-5H3,(H,16,19). The number of carbonyl (C=O) groups is 2. The third-order valence-corrected chi connectivity index (χ3v) is 4.02. The molecule has 7 heteroatoms. The van der Waals surface area contributed by atoms with E-state index < -0.39 is 18.3 Å². The number of rotatable bonds is 3. The Kier molecular flexibility index (Phi) is 3.90. The molecular formula is C14H19BN2O4. The number of aromatic nitrogens is 1. The molecule has 0 atom stereocenters. The fraction of sp³-hybridized carbons (Fsp3) is 0.500. The van der Waals surface area contributed by atoms with Crippen LogP contribution in [0.5, 0.6) is 0 Å². The van der Waals surface area contributed by atoms with Crippen LogP contribution in [0.25, 0.3) is 0 Å². The van der Waals surface area contributed by atoms with Crippen LogP contribution in [0.3, 0.4) is 0 Å². The van der Waals surface area contributed by atoms with Gasteiger partial charge in [0.25, 0.3) is 5.91 Å². The lowest BCUT2D eigenvalue weighted by Gasteiger charge is -2.32. The summed E-state index contributed by atoms with van der Waals surface area (Å²) in [5.74, 6) is -0.350. The Hall–Kier alpha value is -1.73. The summed E-state index contributed by atoms with van der Waals surface area (Å²) >= 11 is 0. The minimum Gasteiger partial charge on any atom is -0.399 e. The van der Waals surface area contributed by atoms with E-state index in [4.69, 9.17) is 9.31 Å². The molecule has 1 aromatic heterocycles. The molecule has 1 N–H and O–H groups in total. The van der Waals surface area contributed by atoms with E-state index in [1.807, 2.05) is 27.7 Å². The Balaban J connectivity index is 2.48. The van der Waals surface area contributed by atoms with Crippen molar-refractivity contribution in [1.82, 2.24) is 10.3 Å². The predicted molar refractivity (Wildman–Crippen MR) is 78.7 cm³/mol. The minimum absolute atomic E-state index is 0.196. The van der Waals surface area contributed by atoms with Gasteiger partial charge in [-0.05, 0) is 33.8 Å². The van der Waals surface area contributed by atoms with E-state index in [1.54, 1.807) is 6.07 Å². The molecule has 0 saturated carbocycles. The Morgan fingerprint density at radius 3 is 2.33 bits per heavy atom. The molecule has 112 valence electrons. The zero-order valence-electron chi connectivity index (χ0n) is 12.9. The van der Waals surface area contributed by atoms with E-state index in [9.17, 15) is 9.59 Å². The van der Waals surface area contributed by atoms with Crippen molar-refractivity contribution < 1.29 is 18.9 Å². The molecule has 1 fully saturated rings. The second kappa shape index (κ2) is 5.24. The highest BCUT2D eigenvalue weighted by Gasteiger charge is 2.52. The summed E-state index contributed by atoms with van der Waals surface area (Å²) in [4.78, 5) is 27.0. The van der Waals surface area contributed by atoms with E-state index in [2.05, 4.69) is 10.3 Å². The van der Waals surface area contributed by atoms with Crippen LogP contribution in [0.1, 0.15) is 48.5 Å². The molecule has 1 amide bonds. The summed E-state index contributed by atoms with van der Waals surface area (Å²) in [6, 6.07) is 1.58. The molecule has 0 unspecified atom stereocenters. The van der Waals surface area contributed by atoms with E-state index in [1.165, 1.54) is 13.2 Å². The Morgan fingerprint density at radius 2 is 1.86 bits per heavy atom. The van der Waals surface area contributed by atoms with E-state index in [0.717, 1.165) is 0 Å². The molecule has 1 aliphatic heterocycles. The first-order valence-corrected chi connectivity index (χ1v) is 6.74. The molecule has 1 saturated heterocycles. The van der Waals surface area contributed by atoms with Crippen molar-refractivity contribution in [2.45, 2.75) is 38.9 Å². The fourth-order valence-corrected chi connectivity index (χ4v) is 2.02. The van der Waals surface area contributed by atoms with Gasteiger partial charge in [-0.25, -0.2) is 0 Å². The number of amides is 1. The molecule has 21 heavy (non-hydrogen) atoms. The maximum Gasteiger partial charge on any atom is 0.497 e. The van der Waals surface area contributed by atoms with Gasteiger partial charge in [0.2, 0.25) is 0 Å². The zero-order chi connectivity index (χ0) is 15.8. The van der Waals surface area contributed by atoms with Gasteiger partial charge in [0.05, 0.1) is 11.2 Å². The lowest BCUT2D eigenvalue weighted by Crippen LogP contribution is -2.41. The van der Waals surface area contributed by atoms with Gasteiger partial charge in [0.1, 0.15) is 5.69 Å². The number of hydrogen-bond acceptors (Lipinski definition) is 5. The topological polar surface area (TPSA) is 77.5 Å². The number of carbonyl (C=O) groups excluding carboxylic acids is 2. The van der Waals surface area contributed by atoms with Gasteiger partial charge in [-0.15, -0.1) is 0 Å². The first-order valence-electron chi connectivity index (χ1n) is 6.74. The Labute approximate surface area is 124 Å². The molecule has 1 aromatic rings. The molecule has 6 nitrogen and oxygen atoms in total. The summed E-state index contributed by atoms with van der Waals surface area (Å²) in [7, 11) is 0.778. The molecule has 2 heterocycles. The van der Waals surface area contributed by atoms with Gasteiger partial charge >= 0.3 is 7.12 Å². The SMILES string of the molecule is CNC(=O)c1ncc(C=O)cc1B1OC(C)(C)C(C)(C)O1. The van der Waals surface area contributed by atoms with Crippen LogP contribution in [0.2, 0.25) is 0 Å². The van der Waals surface area contributed by atoms with Gasteiger partial charge in [0.15, 0.2) is 6.29 Å². The van der Waals surface area contributed by atoms with E-state index in [-0.39, 0.29) is 11.6 Å². The molecule has 0 spiro atoms. The number of hydrogen-bond donors (Lipinski definition) is 1. The van der Waals surface area contributed by atoms with E-state index in [0.29, 0.717) is 17.3 Å². The predicted octanol–water partition coefficient (Wildman–Crippen LogP) is 0.553. The first-order chi connectivity index (χ1) is 9.71. The summed E-state index contributed by atoms with van der Waals surface area (Å²) in [5.41, 5.74) is -0.0459. The quantitative estimate of drug-likeness (QED) is 0.650. The summed E-state index contributed by atoms with van der Waals surface area (Å²) in [6.07, 6.45) is 2.03. The lowest BCUT2D eigenvalue weighted by molar-refractivity contribution is 0.00578. The van der Waals surface area contributed by atoms with Crippen LogP contribution in [-0.2, 0) is 9.31 Å². The lowest BCUT2D eigenvalue weighted by atomic mass is 9.77. The van der Waals surface area contributed by atoms with E-state index >= 15 is 0 Å². The first kappa shape index (κ1) is 15.7. The molecule has 0 aromatic carbocycles. The van der Waals surface area contributed by atoms with Crippen molar-refractivity contribution in [3.63, 3.8) is 0 Å². The summed E-state index contributed by atoms with van der Waals surface area (Å²) in [6.45, 7) is 7.68. The van der Waals surface area contributed by atoms with Crippen molar-refractivity contribution in [2.75, 3.05) is 7.05 Å². The fourth-order valence-electron chi connectivity index (χ4n) is 2.02. The summed E-state index contributed by atoms with van der Waals surface area (Å²) < 4.78 is 11.9. The van der Waals surface area contributed by atoms with Crippen LogP contribution in [0, 0.1) is 0 Å². The molecule has 1 aliphatic rings. The second-order valence-corrected chi connectivity index (χ2v) is 5.99. The molecule has 0 bridgehead atoms. The number of aldehydes is 1. The maximum atomic E-state index is 11.9. The average molecular weight is 290 g/mol. The maximum absolute atomic E-state index is 11.9. The largest absolute Gasteiger partial charge is 0.497 e. The molecule has 0 radical (unpaired) electrons. The number of pyridine rings is 1.